The van der Waals surface area contributed by atoms with Crippen molar-refractivity contribution in [1.29, 1.82) is 0 Å². The van der Waals surface area contributed by atoms with Crippen molar-refractivity contribution in [2.24, 2.45) is 0 Å². The highest BCUT2D eigenvalue weighted by molar-refractivity contribution is 7.91. The lowest BCUT2D eigenvalue weighted by Gasteiger charge is -2.43. The molecule has 136 valence electrons. The Morgan fingerprint density at radius 1 is 1.24 bits per heavy atom. The number of sulfone groups is 1. The molecule has 0 radical (unpaired) electrons. The van der Waals surface area contributed by atoms with Gasteiger partial charge in [0, 0.05) is 37.1 Å². The third-order valence-corrected chi connectivity index (χ3v) is 7.21. The summed E-state index contributed by atoms with van der Waals surface area (Å²) in [5.41, 5.74) is 1.92. The predicted octanol–water partition coefficient (Wildman–Crippen LogP) is 0.875. The number of nitrogens with one attached hydrogen (secondary N) is 1. The number of hydrogen-bond acceptors (Lipinski definition) is 6. The van der Waals surface area contributed by atoms with Gasteiger partial charge in [0.15, 0.2) is 9.84 Å². The Balaban J connectivity index is 1.62. The van der Waals surface area contributed by atoms with Crippen molar-refractivity contribution < 1.29 is 13.2 Å². The number of methoxy groups -OCH3 is 1. The van der Waals surface area contributed by atoms with Gasteiger partial charge in [0.2, 0.25) is 0 Å². The molecule has 8 heteroatoms. The molecule has 2 fully saturated rings. The summed E-state index contributed by atoms with van der Waals surface area (Å²) >= 11 is 0. The van der Waals surface area contributed by atoms with Crippen molar-refractivity contribution in [3.8, 4) is 5.75 Å². The van der Waals surface area contributed by atoms with Crippen molar-refractivity contribution in [3.63, 3.8) is 0 Å². The number of rotatable bonds is 4. The van der Waals surface area contributed by atoms with Gasteiger partial charge in [-0.25, -0.2) is 8.42 Å². The van der Waals surface area contributed by atoms with E-state index in [1.165, 1.54) is 0 Å². The Morgan fingerprint density at radius 3 is 2.68 bits per heavy atom. The topological polar surface area (TPSA) is 78.5 Å². The molecule has 2 aliphatic heterocycles. The van der Waals surface area contributed by atoms with Crippen LogP contribution in [0.2, 0.25) is 0 Å². The molecule has 2 aliphatic rings. The normalized spacial score (nSPS) is 26.8. The van der Waals surface area contributed by atoms with Crippen LogP contribution in [0.1, 0.15) is 12.6 Å². The third kappa shape index (κ3) is 3.02. The molecule has 25 heavy (non-hydrogen) atoms. The van der Waals surface area contributed by atoms with Crippen LogP contribution < -0.4 is 4.74 Å². The quantitative estimate of drug-likeness (QED) is 0.868. The Bertz CT molecular complexity index is 879. The number of hydrogen-bond donors (Lipinski definition) is 1. The molecule has 3 heterocycles. The fourth-order valence-corrected chi connectivity index (χ4v) is 6.22. The summed E-state index contributed by atoms with van der Waals surface area (Å²) in [6.45, 7) is 5.45. The second-order valence-electron chi connectivity index (χ2n) is 6.90. The van der Waals surface area contributed by atoms with Gasteiger partial charge in [-0.05, 0) is 24.7 Å². The Morgan fingerprint density at radius 2 is 1.96 bits per heavy atom. The van der Waals surface area contributed by atoms with Gasteiger partial charge in [-0.15, -0.1) is 0 Å². The first kappa shape index (κ1) is 16.8. The maximum absolute atomic E-state index is 12.2. The summed E-state index contributed by atoms with van der Waals surface area (Å²) in [6.07, 6.45) is 0. The molecule has 1 N–H and O–H groups in total. The summed E-state index contributed by atoms with van der Waals surface area (Å²) in [5, 5.41) is 8.53. The number of aromatic nitrogens is 2. The molecule has 2 atom stereocenters. The third-order valence-electron chi connectivity index (χ3n) is 5.51. The first-order chi connectivity index (χ1) is 12.0. The molecular formula is C17H24N4O3S. The zero-order valence-corrected chi connectivity index (χ0v) is 15.4. The van der Waals surface area contributed by atoms with Gasteiger partial charge in [0.05, 0.1) is 29.8 Å². The minimum Gasteiger partial charge on any atom is -0.497 e. The maximum atomic E-state index is 12.2. The molecule has 0 spiro atoms. The van der Waals surface area contributed by atoms with Gasteiger partial charge >= 0.3 is 0 Å². The van der Waals surface area contributed by atoms with Crippen LogP contribution >= 0.6 is 0 Å². The molecule has 7 nitrogen and oxygen atoms in total. The van der Waals surface area contributed by atoms with E-state index in [-0.39, 0.29) is 23.6 Å². The van der Waals surface area contributed by atoms with E-state index < -0.39 is 9.84 Å². The second-order valence-corrected chi connectivity index (χ2v) is 9.05. The number of ether oxygens (including phenoxy) is 1. The van der Waals surface area contributed by atoms with E-state index in [1.807, 2.05) is 18.2 Å². The highest BCUT2D eigenvalue weighted by Gasteiger charge is 2.46. The Hall–Kier alpha value is -1.64. The lowest BCUT2D eigenvalue weighted by molar-refractivity contribution is 0.0434. The van der Waals surface area contributed by atoms with Crippen LogP contribution in [0, 0.1) is 0 Å². The van der Waals surface area contributed by atoms with E-state index in [0.717, 1.165) is 42.0 Å². The van der Waals surface area contributed by atoms with E-state index >= 15 is 0 Å². The fourth-order valence-electron chi connectivity index (χ4n) is 4.18. The second kappa shape index (κ2) is 6.26. The zero-order valence-electron chi connectivity index (χ0n) is 14.6. The van der Waals surface area contributed by atoms with Crippen molar-refractivity contribution in [2.45, 2.75) is 25.6 Å². The summed E-state index contributed by atoms with van der Waals surface area (Å²) < 4.78 is 29.7. The first-order valence-electron chi connectivity index (χ1n) is 8.70. The van der Waals surface area contributed by atoms with Crippen LogP contribution in [0.3, 0.4) is 0 Å². The average Bonchev–Trinajstić information content (AvgIpc) is 3.14. The Labute approximate surface area is 147 Å². The number of piperazine rings is 1. The van der Waals surface area contributed by atoms with Gasteiger partial charge in [0.25, 0.3) is 0 Å². The van der Waals surface area contributed by atoms with Crippen LogP contribution in [-0.4, -0.2) is 78.7 Å². The van der Waals surface area contributed by atoms with Crippen molar-refractivity contribution in [2.75, 3.05) is 38.2 Å². The molecule has 0 saturated carbocycles. The minimum absolute atomic E-state index is 0.0580. The molecular weight excluding hydrogens is 340 g/mol. The van der Waals surface area contributed by atoms with E-state index in [1.54, 1.807) is 7.11 Å². The molecule has 0 amide bonds. The zero-order chi connectivity index (χ0) is 17.6. The summed E-state index contributed by atoms with van der Waals surface area (Å²) in [5.74, 6) is 1.33. The first-order valence-corrected chi connectivity index (χ1v) is 10.5. The van der Waals surface area contributed by atoms with Gasteiger partial charge in [0.1, 0.15) is 5.75 Å². The molecule has 2 aromatic rings. The standard InChI is InChI=1S/C17H24N4O3S/c1-3-20-6-7-21(17-11-25(22,23)10-16(17)20)9-15-13-8-12(24-2)4-5-14(13)18-19-15/h4-5,8,16-17H,3,6-7,9-11H2,1-2H3,(H,18,19)/t16-,17+/m1/s1. The molecule has 1 aromatic heterocycles. The molecule has 4 rings (SSSR count). The molecule has 2 saturated heterocycles. The molecule has 0 aliphatic carbocycles. The maximum Gasteiger partial charge on any atom is 0.153 e. The molecule has 0 bridgehead atoms. The van der Waals surface area contributed by atoms with E-state index in [0.29, 0.717) is 6.54 Å². The van der Waals surface area contributed by atoms with Gasteiger partial charge in [-0.3, -0.25) is 14.9 Å². The van der Waals surface area contributed by atoms with E-state index in [2.05, 4.69) is 26.9 Å². The van der Waals surface area contributed by atoms with Gasteiger partial charge in [-0.1, -0.05) is 6.92 Å². The number of aromatic amines is 1. The number of benzene rings is 1. The highest BCUT2D eigenvalue weighted by atomic mass is 32.2. The van der Waals surface area contributed by atoms with E-state index in [4.69, 9.17) is 4.74 Å². The largest absolute Gasteiger partial charge is 0.497 e. The number of H-pyrrole nitrogens is 1. The average molecular weight is 364 g/mol. The summed E-state index contributed by atoms with van der Waals surface area (Å²) in [4.78, 5) is 4.60. The van der Waals surface area contributed by atoms with Crippen LogP contribution in [-0.2, 0) is 16.4 Å². The summed E-state index contributed by atoms with van der Waals surface area (Å²) in [6, 6.07) is 5.98. The lowest BCUT2D eigenvalue weighted by atomic mass is 10.0. The predicted molar refractivity (Wildman–Crippen MR) is 96.5 cm³/mol. The Kier molecular flexibility index (Phi) is 4.21. The van der Waals surface area contributed by atoms with Crippen molar-refractivity contribution in [1.82, 2.24) is 20.0 Å². The molecule has 0 unspecified atom stereocenters. The smallest absolute Gasteiger partial charge is 0.153 e. The van der Waals surface area contributed by atoms with Crippen LogP contribution in [0.4, 0.5) is 0 Å². The lowest BCUT2D eigenvalue weighted by Crippen LogP contribution is -2.58. The van der Waals surface area contributed by atoms with Gasteiger partial charge < -0.3 is 4.74 Å². The highest BCUT2D eigenvalue weighted by Crippen LogP contribution is 2.29. The summed E-state index contributed by atoms with van der Waals surface area (Å²) in [7, 11) is -1.31. The van der Waals surface area contributed by atoms with E-state index in [9.17, 15) is 8.42 Å². The minimum atomic E-state index is -2.97. The van der Waals surface area contributed by atoms with Crippen LogP contribution in [0.15, 0.2) is 18.2 Å². The SMILES string of the molecule is CCN1CCN(Cc2[nH]nc3ccc(OC)cc23)[C@H]2CS(=O)(=O)C[C@H]21. The van der Waals surface area contributed by atoms with Crippen LogP contribution in [0.25, 0.3) is 10.9 Å². The monoisotopic (exact) mass is 364 g/mol. The number of nitrogens with zero attached hydrogens (tertiary/aromatic N) is 3. The molecule has 1 aromatic carbocycles. The fraction of sp³-hybridized carbons (Fsp3) is 0.588. The number of fused-ring (bicyclic) bond motifs is 2. The van der Waals surface area contributed by atoms with Gasteiger partial charge in [-0.2, -0.15) is 5.10 Å². The van der Waals surface area contributed by atoms with Crippen LogP contribution in [0.5, 0.6) is 5.75 Å². The van der Waals surface area contributed by atoms with Crippen molar-refractivity contribution >= 4 is 20.7 Å². The van der Waals surface area contributed by atoms with Crippen molar-refractivity contribution in [3.05, 3.63) is 23.9 Å². The number of likely N-dealkylation sites (N-methyl/N-ethyl adjacent to an activating group) is 1.